The Morgan fingerprint density at radius 3 is 2.71 bits per heavy atom. The van der Waals surface area contributed by atoms with Crippen LogP contribution in [0.4, 0.5) is 0 Å². The average molecular weight is 198 g/mol. The van der Waals surface area contributed by atoms with E-state index in [2.05, 4.69) is 9.68 Å². The molecule has 0 aromatic carbocycles. The molecule has 1 amide bonds. The minimum absolute atomic E-state index is 0.286. The number of aryl methyl sites for hydroxylation is 1. The van der Waals surface area contributed by atoms with Gasteiger partial charge in [0.1, 0.15) is 18.4 Å². The molecule has 0 unspecified atom stereocenters. The number of nitrogens with zero attached hydrogens (tertiary/aromatic N) is 2. The summed E-state index contributed by atoms with van der Waals surface area (Å²) in [5.41, 5.74) is 0.737. The van der Waals surface area contributed by atoms with Crippen LogP contribution in [0.15, 0.2) is 10.8 Å². The van der Waals surface area contributed by atoms with Gasteiger partial charge in [0.15, 0.2) is 0 Å². The molecule has 0 bridgehead atoms. The third-order valence-electron chi connectivity index (χ3n) is 1.70. The lowest BCUT2D eigenvalue weighted by atomic mass is 10.2. The van der Waals surface area contributed by atoms with E-state index in [4.69, 9.17) is 5.11 Å². The van der Waals surface area contributed by atoms with E-state index in [0.29, 0.717) is 5.69 Å². The first kappa shape index (κ1) is 10.2. The minimum atomic E-state index is -1.06. The Bertz CT molecular complexity index is 358. The number of carboxylic acid groups (broad SMARTS) is 1. The maximum Gasteiger partial charge on any atom is 0.323 e. The van der Waals surface area contributed by atoms with Gasteiger partial charge >= 0.3 is 5.97 Å². The van der Waals surface area contributed by atoms with E-state index in [-0.39, 0.29) is 12.1 Å². The topological polar surface area (TPSA) is 83.6 Å². The SMILES string of the molecule is Cc1nocc1C(=O)N(C)CC(=O)O. The van der Waals surface area contributed by atoms with E-state index in [9.17, 15) is 9.59 Å². The molecule has 6 nitrogen and oxygen atoms in total. The molecule has 76 valence electrons. The fraction of sp³-hybridized carbons (Fsp3) is 0.375. The zero-order chi connectivity index (χ0) is 10.7. The summed E-state index contributed by atoms with van der Waals surface area (Å²) in [6.45, 7) is 1.27. The van der Waals surface area contributed by atoms with Crippen LogP contribution in [0, 0.1) is 6.92 Å². The summed E-state index contributed by atoms with van der Waals surface area (Å²) in [4.78, 5) is 22.9. The highest BCUT2D eigenvalue weighted by atomic mass is 16.5. The highest BCUT2D eigenvalue weighted by Gasteiger charge is 2.18. The van der Waals surface area contributed by atoms with E-state index < -0.39 is 11.9 Å². The maximum atomic E-state index is 11.5. The second-order valence-corrected chi connectivity index (χ2v) is 2.87. The molecule has 0 fully saturated rings. The first-order valence-electron chi connectivity index (χ1n) is 3.90. The van der Waals surface area contributed by atoms with Crippen molar-refractivity contribution in [1.29, 1.82) is 0 Å². The second-order valence-electron chi connectivity index (χ2n) is 2.87. The second kappa shape index (κ2) is 3.91. The molecule has 1 aromatic heterocycles. The zero-order valence-electron chi connectivity index (χ0n) is 7.85. The lowest BCUT2D eigenvalue weighted by Crippen LogP contribution is -2.32. The van der Waals surface area contributed by atoms with Crippen molar-refractivity contribution in [3.05, 3.63) is 17.5 Å². The molecule has 0 aliphatic carbocycles. The molecule has 0 spiro atoms. The Balaban J connectivity index is 2.76. The summed E-state index contributed by atoms with van der Waals surface area (Å²) in [5.74, 6) is -1.47. The number of carbonyl (C=O) groups excluding carboxylic acids is 1. The van der Waals surface area contributed by atoms with Gasteiger partial charge in [0.25, 0.3) is 5.91 Å². The molecule has 0 aliphatic rings. The molecule has 0 aliphatic heterocycles. The van der Waals surface area contributed by atoms with Crippen LogP contribution in [-0.2, 0) is 4.79 Å². The van der Waals surface area contributed by atoms with Crippen LogP contribution in [0.25, 0.3) is 0 Å². The highest BCUT2D eigenvalue weighted by molar-refractivity contribution is 5.96. The number of aromatic nitrogens is 1. The standard InChI is InChI=1S/C8H10N2O4/c1-5-6(4-14-9-5)8(13)10(2)3-7(11)12/h4H,3H2,1-2H3,(H,11,12). The van der Waals surface area contributed by atoms with Gasteiger partial charge in [-0.25, -0.2) is 0 Å². The molecule has 0 radical (unpaired) electrons. The predicted octanol–water partition coefficient (Wildman–Crippen LogP) is 0.140. The van der Waals surface area contributed by atoms with Crippen molar-refractivity contribution < 1.29 is 19.2 Å². The van der Waals surface area contributed by atoms with Crippen molar-refractivity contribution in [1.82, 2.24) is 10.1 Å². The summed E-state index contributed by atoms with van der Waals surface area (Å²) >= 11 is 0. The minimum Gasteiger partial charge on any atom is -0.480 e. The smallest absolute Gasteiger partial charge is 0.323 e. The Kier molecular flexibility index (Phi) is 2.85. The molecule has 0 atom stereocenters. The van der Waals surface area contributed by atoms with Crippen molar-refractivity contribution in [3.63, 3.8) is 0 Å². The van der Waals surface area contributed by atoms with Crippen LogP contribution < -0.4 is 0 Å². The third-order valence-corrected chi connectivity index (χ3v) is 1.70. The van der Waals surface area contributed by atoms with Crippen LogP contribution in [0.3, 0.4) is 0 Å². The molecule has 1 aromatic rings. The van der Waals surface area contributed by atoms with Gasteiger partial charge in [-0.2, -0.15) is 0 Å². The quantitative estimate of drug-likeness (QED) is 0.746. The lowest BCUT2D eigenvalue weighted by Gasteiger charge is -2.12. The first-order valence-corrected chi connectivity index (χ1v) is 3.90. The molecular weight excluding hydrogens is 188 g/mol. The first-order chi connectivity index (χ1) is 6.52. The van der Waals surface area contributed by atoms with Gasteiger partial charge in [0, 0.05) is 7.05 Å². The fourth-order valence-corrected chi connectivity index (χ4v) is 0.978. The highest BCUT2D eigenvalue weighted by Crippen LogP contribution is 2.07. The third kappa shape index (κ3) is 2.09. The molecule has 0 saturated heterocycles. The number of aliphatic carboxylic acids is 1. The lowest BCUT2D eigenvalue weighted by molar-refractivity contribution is -0.137. The van der Waals surface area contributed by atoms with Gasteiger partial charge in [0.2, 0.25) is 0 Å². The number of likely N-dealkylation sites (N-methyl/N-ethyl adjacent to an activating group) is 1. The van der Waals surface area contributed by atoms with Crippen molar-refractivity contribution in [2.24, 2.45) is 0 Å². The fourth-order valence-electron chi connectivity index (χ4n) is 0.978. The van der Waals surface area contributed by atoms with Gasteiger partial charge in [-0.3, -0.25) is 9.59 Å². The van der Waals surface area contributed by atoms with Crippen molar-refractivity contribution in [2.75, 3.05) is 13.6 Å². The van der Waals surface area contributed by atoms with E-state index >= 15 is 0 Å². The summed E-state index contributed by atoms with van der Waals surface area (Å²) in [5, 5.41) is 12.0. The number of amides is 1. The van der Waals surface area contributed by atoms with Crippen molar-refractivity contribution >= 4 is 11.9 Å². The molecule has 1 N–H and O–H groups in total. The Labute approximate surface area is 80.1 Å². The number of carbonyl (C=O) groups is 2. The number of hydrogen-bond donors (Lipinski definition) is 1. The Morgan fingerprint density at radius 1 is 1.64 bits per heavy atom. The van der Waals surface area contributed by atoms with Crippen LogP contribution >= 0.6 is 0 Å². The van der Waals surface area contributed by atoms with Gasteiger partial charge in [-0.1, -0.05) is 5.16 Å². The van der Waals surface area contributed by atoms with E-state index in [1.807, 2.05) is 0 Å². The summed E-state index contributed by atoms with van der Waals surface area (Å²) in [7, 11) is 1.41. The van der Waals surface area contributed by atoms with Crippen molar-refractivity contribution in [2.45, 2.75) is 6.92 Å². The van der Waals surface area contributed by atoms with Crippen molar-refractivity contribution in [3.8, 4) is 0 Å². The van der Waals surface area contributed by atoms with Crippen LogP contribution in [0.5, 0.6) is 0 Å². The van der Waals surface area contributed by atoms with E-state index in [1.165, 1.54) is 13.3 Å². The van der Waals surface area contributed by atoms with E-state index in [0.717, 1.165) is 4.90 Å². The van der Waals surface area contributed by atoms with Gasteiger partial charge in [-0.15, -0.1) is 0 Å². The molecule has 1 rings (SSSR count). The normalized spacial score (nSPS) is 9.86. The average Bonchev–Trinajstić information content (AvgIpc) is 2.48. The van der Waals surface area contributed by atoms with Gasteiger partial charge in [0.05, 0.1) is 5.69 Å². The number of carboxylic acids is 1. The molecular formula is C8H10N2O4. The predicted molar refractivity (Wildman–Crippen MR) is 45.8 cm³/mol. The Morgan fingerprint density at radius 2 is 2.29 bits per heavy atom. The molecule has 6 heteroatoms. The molecule has 0 saturated carbocycles. The summed E-state index contributed by atoms with van der Waals surface area (Å²) < 4.78 is 4.58. The Hall–Kier alpha value is -1.85. The van der Waals surface area contributed by atoms with Crippen LogP contribution in [0.1, 0.15) is 16.1 Å². The number of rotatable bonds is 3. The summed E-state index contributed by atoms with van der Waals surface area (Å²) in [6.07, 6.45) is 1.20. The van der Waals surface area contributed by atoms with E-state index in [1.54, 1.807) is 6.92 Å². The molecule has 1 heterocycles. The van der Waals surface area contributed by atoms with Gasteiger partial charge < -0.3 is 14.5 Å². The molecule has 14 heavy (non-hydrogen) atoms. The van der Waals surface area contributed by atoms with Crippen LogP contribution in [-0.4, -0.2) is 40.6 Å². The maximum absolute atomic E-state index is 11.5. The van der Waals surface area contributed by atoms with Gasteiger partial charge in [-0.05, 0) is 6.92 Å². The van der Waals surface area contributed by atoms with Crippen LogP contribution in [0.2, 0.25) is 0 Å². The summed E-state index contributed by atoms with van der Waals surface area (Å²) in [6, 6.07) is 0. The number of hydrogen-bond acceptors (Lipinski definition) is 4. The largest absolute Gasteiger partial charge is 0.480 e. The monoisotopic (exact) mass is 198 g/mol. The zero-order valence-corrected chi connectivity index (χ0v) is 7.85.